The zero-order valence-corrected chi connectivity index (χ0v) is 6.42. The van der Waals surface area contributed by atoms with Crippen molar-refractivity contribution in [1.29, 1.82) is 0 Å². The van der Waals surface area contributed by atoms with E-state index in [4.69, 9.17) is 10.8 Å². The lowest BCUT2D eigenvalue weighted by Crippen LogP contribution is -2.39. The molecule has 0 atom stereocenters. The molecule has 4 N–H and O–H groups in total. The molecule has 4 heteroatoms. The Morgan fingerprint density at radius 1 is 1.64 bits per heavy atom. The van der Waals surface area contributed by atoms with Gasteiger partial charge >= 0.3 is 0 Å². The van der Waals surface area contributed by atoms with Crippen LogP contribution in [-0.2, 0) is 4.79 Å². The number of amides is 1. The van der Waals surface area contributed by atoms with E-state index in [1.165, 1.54) is 0 Å². The van der Waals surface area contributed by atoms with E-state index in [1.54, 1.807) is 0 Å². The topological polar surface area (TPSA) is 75.4 Å². The molecule has 1 rings (SSSR count). The van der Waals surface area contributed by atoms with Gasteiger partial charge in [0, 0.05) is 0 Å². The fraction of sp³-hybridized carbons (Fsp3) is 0.857. The first-order valence-corrected chi connectivity index (χ1v) is 3.85. The maximum Gasteiger partial charge on any atom is 0.231 e. The first-order valence-electron chi connectivity index (χ1n) is 3.85. The van der Waals surface area contributed by atoms with Crippen molar-refractivity contribution < 1.29 is 9.90 Å². The molecule has 64 valence electrons. The van der Waals surface area contributed by atoms with Gasteiger partial charge in [0.15, 0.2) is 0 Å². The first-order chi connectivity index (χ1) is 5.18. The number of hydrogen-bond donors (Lipinski definition) is 3. The molecule has 0 aromatic heterocycles. The average molecular weight is 158 g/mol. The Labute approximate surface area is 65.8 Å². The van der Waals surface area contributed by atoms with Gasteiger partial charge in [0.05, 0.1) is 12.6 Å². The van der Waals surface area contributed by atoms with Crippen LogP contribution in [0.3, 0.4) is 0 Å². The summed E-state index contributed by atoms with van der Waals surface area (Å²) in [4.78, 5) is 10.3. The van der Waals surface area contributed by atoms with Crippen molar-refractivity contribution >= 4 is 5.91 Å². The van der Waals surface area contributed by atoms with Crippen LogP contribution in [0.5, 0.6) is 0 Å². The standard InChI is InChI=1S/C7H14N2O2/c8-7(11)4-9-3-5-1-6(10)2-5/h5-6,9-10H,1-4H2,(H2,8,11). The number of nitrogens with two attached hydrogens (primary N) is 1. The lowest BCUT2D eigenvalue weighted by Gasteiger charge is -2.31. The summed E-state index contributed by atoms with van der Waals surface area (Å²) in [5.74, 6) is 0.203. The summed E-state index contributed by atoms with van der Waals surface area (Å²) in [5.41, 5.74) is 4.91. The van der Waals surface area contributed by atoms with Gasteiger partial charge in [0.1, 0.15) is 0 Å². The summed E-state index contributed by atoms with van der Waals surface area (Å²) in [6.07, 6.45) is 1.59. The number of nitrogens with one attached hydrogen (secondary N) is 1. The van der Waals surface area contributed by atoms with Crippen molar-refractivity contribution in [3.8, 4) is 0 Å². The van der Waals surface area contributed by atoms with Gasteiger partial charge in [-0.15, -0.1) is 0 Å². The van der Waals surface area contributed by atoms with Crippen molar-refractivity contribution in [2.75, 3.05) is 13.1 Å². The molecule has 1 fully saturated rings. The highest BCUT2D eigenvalue weighted by Gasteiger charge is 2.26. The quantitative estimate of drug-likeness (QED) is 0.482. The maximum atomic E-state index is 10.3. The highest BCUT2D eigenvalue weighted by Crippen LogP contribution is 2.25. The van der Waals surface area contributed by atoms with Crippen LogP contribution in [0, 0.1) is 5.92 Å². The fourth-order valence-electron chi connectivity index (χ4n) is 1.27. The maximum absolute atomic E-state index is 10.3. The molecule has 1 amide bonds. The molecular formula is C7H14N2O2. The summed E-state index contributed by atoms with van der Waals surface area (Å²) in [5, 5.41) is 11.8. The zero-order chi connectivity index (χ0) is 8.27. The number of rotatable bonds is 4. The monoisotopic (exact) mass is 158 g/mol. The second-order valence-electron chi connectivity index (χ2n) is 3.09. The van der Waals surface area contributed by atoms with Crippen LogP contribution in [-0.4, -0.2) is 30.2 Å². The third-order valence-corrected chi connectivity index (χ3v) is 1.94. The molecule has 0 aliphatic heterocycles. The molecule has 0 spiro atoms. The zero-order valence-electron chi connectivity index (χ0n) is 6.42. The van der Waals surface area contributed by atoms with E-state index in [2.05, 4.69) is 5.32 Å². The molecule has 1 aliphatic carbocycles. The van der Waals surface area contributed by atoms with Crippen molar-refractivity contribution in [2.45, 2.75) is 18.9 Å². The van der Waals surface area contributed by atoms with E-state index < -0.39 is 0 Å². The lowest BCUT2D eigenvalue weighted by molar-refractivity contribution is -0.117. The first kappa shape index (κ1) is 8.49. The molecule has 0 unspecified atom stereocenters. The van der Waals surface area contributed by atoms with E-state index in [9.17, 15) is 4.79 Å². The number of aliphatic hydroxyl groups is 1. The van der Waals surface area contributed by atoms with Gasteiger partial charge in [0.25, 0.3) is 0 Å². The highest BCUT2D eigenvalue weighted by molar-refractivity contribution is 5.75. The van der Waals surface area contributed by atoms with Gasteiger partial charge in [-0.3, -0.25) is 4.79 Å². The van der Waals surface area contributed by atoms with Gasteiger partial charge in [-0.25, -0.2) is 0 Å². The Morgan fingerprint density at radius 3 is 2.73 bits per heavy atom. The summed E-state index contributed by atoms with van der Waals surface area (Å²) >= 11 is 0. The minimum atomic E-state index is -0.329. The second-order valence-corrected chi connectivity index (χ2v) is 3.09. The minimum absolute atomic E-state index is 0.115. The molecule has 0 bridgehead atoms. The van der Waals surface area contributed by atoms with Crippen LogP contribution >= 0.6 is 0 Å². The molecule has 4 nitrogen and oxygen atoms in total. The summed E-state index contributed by atoms with van der Waals surface area (Å²) in [6.45, 7) is 1.03. The second kappa shape index (κ2) is 3.69. The SMILES string of the molecule is NC(=O)CNCC1CC(O)C1. The van der Waals surface area contributed by atoms with Gasteiger partial charge in [-0.1, -0.05) is 0 Å². The minimum Gasteiger partial charge on any atom is -0.393 e. The number of aliphatic hydroxyl groups excluding tert-OH is 1. The van der Waals surface area contributed by atoms with Gasteiger partial charge in [0.2, 0.25) is 5.91 Å². The van der Waals surface area contributed by atoms with Crippen LogP contribution < -0.4 is 11.1 Å². The van der Waals surface area contributed by atoms with Gasteiger partial charge in [-0.2, -0.15) is 0 Å². The summed E-state index contributed by atoms with van der Waals surface area (Å²) in [7, 11) is 0. The smallest absolute Gasteiger partial charge is 0.231 e. The normalized spacial score (nSPS) is 29.5. The van der Waals surface area contributed by atoms with Crippen LogP contribution in [0.2, 0.25) is 0 Å². The van der Waals surface area contributed by atoms with E-state index in [1.807, 2.05) is 0 Å². The number of carbonyl (C=O) groups excluding carboxylic acids is 1. The van der Waals surface area contributed by atoms with Gasteiger partial charge in [-0.05, 0) is 25.3 Å². The Balaban J connectivity index is 1.92. The summed E-state index contributed by atoms with van der Waals surface area (Å²) < 4.78 is 0. The van der Waals surface area contributed by atoms with Crippen LogP contribution in [0.25, 0.3) is 0 Å². The van der Waals surface area contributed by atoms with Crippen molar-refractivity contribution in [1.82, 2.24) is 5.32 Å². The Kier molecular flexibility index (Phi) is 2.84. The lowest BCUT2D eigenvalue weighted by atomic mass is 9.82. The fourth-order valence-corrected chi connectivity index (χ4v) is 1.27. The van der Waals surface area contributed by atoms with Crippen molar-refractivity contribution in [2.24, 2.45) is 11.7 Å². The average Bonchev–Trinajstić information content (AvgIpc) is 1.83. The van der Waals surface area contributed by atoms with Crippen LogP contribution in [0.4, 0.5) is 0 Å². The van der Waals surface area contributed by atoms with Gasteiger partial charge < -0.3 is 16.2 Å². The Hall–Kier alpha value is -0.610. The third-order valence-electron chi connectivity index (χ3n) is 1.94. The number of hydrogen-bond acceptors (Lipinski definition) is 3. The van der Waals surface area contributed by atoms with E-state index in [-0.39, 0.29) is 18.6 Å². The molecular weight excluding hydrogens is 144 g/mol. The number of primary amides is 1. The molecule has 0 saturated heterocycles. The molecule has 0 aromatic carbocycles. The third kappa shape index (κ3) is 2.86. The molecule has 1 saturated carbocycles. The van der Waals surface area contributed by atoms with Crippen molar-refractivity contribution in [3.05, 3.63) is 0 Å². The van der Waals surface area contributed by atoms with E-state index in [0.29, 0.717) is 5.92 Å². The largest absolute Gasteiger partial charge is 0.393 e. The molecule has 1 aliphatic rings. The molecule has 0 radical (unpaired) electrons. The van der Waals surface area contributed by atoms with E-state index >= 15 is 0 Å². The Bertz CT molecular complexity index is 143. The highest BCUT2D eigenvalue weighted by atomic mass is 16.3. The number of carbonyl (C=O) groups is 1. The molecule has 0 aromatic rings. The van der Waals surface area contributed by atoms with E-state index in [0.717, 1.165) is 19.4 Å². The predicted molar refractivity (Wildman–Crippen MR) is 40.8 cm³/mol. The summed E-state index contributed by atoms with van der Waals surface area (Å²) in [6, 6.07) is 0. The molecule has 0 heterocycles. The predicted octanol–water partition coefficient (Wildman–Crippen LogP) is -1.17. The van der Waals surface area contributed by atoms with Crippen LogP contribution in [0.15, 0.2) is 0 Å². The molecule has 11 heavy (non-hydrogen) atoms. The Morgan fingerprint density at radius 2 is 2.27 bits per heavy atom. The van der Waals surface area contributed by atoms with Crippen LogP contribution in [0.1, 0.15) is 12.8 Å². The van der Waals surface area contributed by atoms with Crippen molar-refractivity contribution in [3.63, 3.8) is 0 Å².